The van der Waals surface area contributed by atoms with Crippen LogP contribution in [-0.4, -0.2) is 41.4 Å². The predicted octanol–water partition coefficient (Wildman–Crippen LogP) is 4.22. The van der Waals surface area contributed by atoms with Gasteiger partial charge in [0.15, 0.2) is 5.69 Å². The fourth-order valence-electron chi connectivity index (χ4n) is 4.48. The van der Waals surface area contributed by atoms with Crippen molar-refractivity contribution in [1.82, 2.24) is 20.1 Å². The number of esters is 1. The third-order valence-corrected chi connectivity index (χ3v) is 6.09. The topological polar surface area (TPSA) is 72.3 Å². The standard InChI is InChI=1S/C25H25N5O2/c1-26-21-10-11-30(23-9-8-16(12-20(21)23)18-14-27-29(2)15-18)24-19-7-5-4-6-17(19)13-22(28-24)25(31)32-3/h4-9,12-15,21,26H,10-11H2,1-3H3. The summed E-state index contributed by atoms with van der Waals surface area (Å²) in [6.07, 6.45) is 4.82. The van der Waals surface area contributed by atoms with Crippen LogP contribution in [0.2, 0.25) is 0 Å². The molecule has 1 aliphatic rings. The van der Waals surface area contributed by atoms with Crippen LogP contribution >= 0.6 is 0 Å². The summed E-state index contributed by atoms with van der Waals surface area (Å²) in [5.74, 6) is 0.336. The zero-order chi connectivity index (χ0) is 22.2. The zero-order valence-corrected chi connectivity index (χ0v) is 18.4. The van der Waals surface area contributed by atoms with E-state index in [9.17, 15) is 4.79 Å². The number of aryl methyl sites for hydroxylation is 1. The summed E-state index contributed by atoms with van der Waals surface area (Å²) >= 11 is 0. The maximum atomic E-state index is 12.3. The molecular weight excluding hydrogens is 402 g/mol. The minimum absolute atomic E-state index is 0.230. The Morgan fingerprint density at radius 3 is 2.75 bits per heavy atom. The van der Waals surface area contributed by atoms with Gasteiger partial charge in [0.2, 0.25) is 0 Å². The number of hydrogen-bond acceptors (Lipinski definition) is 6. The highest BCUT2D eigenvalue weighted by Crippen LogP contribution is 2.41. The number of pyridine rings is 1. The van der Waals surface area contributed by atoms with E-state index in [4.69, 9.17) is 9.72 Å². The summed E-state index contributed by atoms with van der Waals surface area (Å²) < 4.78 is 6.77. The van der Waals surface area contributed by atoms with Crippen molar-refractivity contribution in [1.29, 1.82) is 0 Å². The van der Waals surface area contributed by atoms with Crippen molar-refractivity contribution in [3.8, 4) is 11.1 Å². The first-order chi connectivity index (χ1) is 15.6. The van der Waals surface area contributed by atoms with E-state index in [1.807, 2.05) is 55.4 Å². The molecule has 0 fully saturated rings. The highest BCUT2D eigenvalue weighted by Gasteiger charge is 2.28. The first-order valence-electron chi connectivity index (χ1n) is 10.6. The zero-order valence-electron chi connectivity index (χ0n) is 18.4. The van der Waals surface area contributed by atoms with Crippen molar-refractivity contribution in [3.63, 3.8) is 0 Å². The lowest BCUT2D eigenvalue weighted by atomic mass is 9.93. The number of ether oxygens (including phenoxy) is 1. The number of rotatable bonds is 4. The number of hydrogen-bond donors (Lipinski definition) is 1. The third-order valence-electron chi connectivity index (χ3n) is 6.09. The molecular formula is C25H25N5O2. The average Bonchev–Trinajstić information content (AvgIpc) is 3.28. The molecule has 0 bridgehead atoms. The second kappa shape index (κ2) is 8.09. The second-order valence-electron chi connectivity index (χ2n) is 8.00. The number of aromatic nitrogens is 3. The lowest BCUT2D eigenvalue weighted by molar-refractivity contribution is 0.0594. The molecule has 162 valence electrons. The Balaban J connectivity index is 1.68. The van der Waals surface area contributed by atoms with E-state index in [0.717, 1.165) is 46.4 Å². The maximum absolute atomic E-state index is 12.3. The van der Waals surface area contributed by atoms with Gasteiger partial charge in [0, 0.05) is 42.5 Å². The molecule has 0 aliphatic carbocycles. The van der Waals surface area contributed by atoms with Gasteiger partial charge in [-0.25, -0.2) is 9.78 Å². The van der Waals surface area contributed by atoms with Crippen LogP contribution in [0.5, 0.6) is 0 Å². The molecule has 1 atom stereocenters. The second-order valence-corrected chi connectivity index (χ2v) is 8.00. The van der Waals surface area contributed by atoms with E-state index in [2.05, 4.69) is 33.5 Å². The normalized spacial score (nSPS) is 15.6. The van der Waals surface area contributed by atoms with Crippen LogP contribution in [0.1, 0.15) is 28.5 Å². The van der Waals surface area contributed by atoms with Gasteiger partial charge in [-0.1, -0.05) is 30.3 Å². The summed E-state index contributed by atoms with van der Waals surface area (Å²) in [5, 5.41) is 9.73. The molecule has 0 saturated heterocycles. The average molecular weight is 428 g/mol. The van der Waals surface area contributed by atoms with Crippen LogP contribution < -0.4 is 10.2 Å². The van der Waals surface area contributed by atoms with Gasteiger partial charge in [-0.05, 0) is 48.2 Å². The van der Waals surface area contributed by atoms with Gasteiger partial charge in [-0.2, -0.15) is 5.10 Å². The van der Waals surface area contributed by atoms with Crippen molar-refractivity contribution in [2.75, 3.05) is 25.6 Å². The monoisotopic (exact) mass is 427 g/mol. The molecule has 0 radical (unpaired) electrons. The van der Waals surface area contributed by atoms with Gasteiger partial charge in [0.25, 0.3) is 0 Å². The molecule has 1 aliphatic heterocycles. The highest BCUT2D eigenvalue weighted by molar-refractivity contribution is 6.00. The minimum atomic E-state index is -0.436. The van der Waals surface area contributed by atoms with Crippen LogP contribution in [0, 0.1) is 0 Å². The van der Waals surface area contributed by atoms with Crippen LogP contribution in [0.25, 0.3) is 21.9 Å². The number of nitrogens with zero attached hydrogens (tertiary/aromatic N) is 4. The lowest BCUT2D eigenvalue weighted by Gasteiger charge is -2.36. The molecule has 7 heteroatoms. The minimum Gasteiger partial charge on any atom is -0.464 e. The maximum Gasteiger partial charge on any atom is 0.356 e. The Labute approximate surface area is 186 Å². The van der Waals surface area contributed by atoms with Gasteiger partial charge in [-0.3, -0.25) is 4.68 Å². The number of carbonyl (C=O) groups is 1. The van der Waals surface area contributed by atoms with Crippen molar-refractivity contribution in [3.05, 3.63) is 72.2 Å². The van der Waals surface area contributed by atoms with Crippen LogP contribution in [0.4, 0.5) is 11.5 Å². The van der Waals surface area contributed by atoms with Gasteiger partial charge >= 0.3 is 5.97 Å². The Kier molecular flexibility index (Phi) is 5.11. The molecule has 2 aromatic heterocycles. The number of nitrogens with one attached hydrogen (secondary N) is 1. The lowest BCUT2D eigenvalue weighted by Crippen LogP contribution is -2.32. The van der Waals surface area contributed by atoms with Crippen LogP contribution in [0.15, 0.2) is 60.9 Å². The van der Waals surface area contributed by atoms with Crippen molar-refractivity contribution >= 4 is 28.2 Å². The fourth-order valence-corrected chi connectivity index (χ4v) is 4.48. The Hall–Kier alpha value is -3.71. The SMILES string of the molecule is CNC1CCN(c2nc(C(=O)OC)cc3ccccc23)c2ccc(-c3cnn(C)c3)cc21. The number of carbonyl (C=O) groups excluding carboxylic acids is 1. The molecule has 7 nitrogen and oxygen atoms in total. The summed E-state index contributed by atoms with van der Waals surface area (Å²) in [7, 11) is 5.30. The van der Waals surface area contributed by atoms with E-state index in [-0.39, 0.29) is 6.04 Å². The van der Waals surface area contributed by atoms with Gasteiger partial charge < -0.3 is 15.0 Å². The number of methoxy groups -OCH3 is 1. The van der Waals surface area contributed by atoms with E-state index in [1.165, 1.54) is 12.7 Å². The smallest absolute Gasteiger partial charge is 0.356 e. The first kappa shape index (κ1) is 20.2. The van der Waals surface area contributed by atoms with Gasteiger partial charge in [0.1, 0.15) is 5.82 Å². The van der Waals surface area contributed by atoms with E-state index in [0.29, 0.717) is 5.69 Å². The summed E-state index contributed by atoms with van der Waals surface area (Å²) in [6.45, 7) is 0.784. The molecule has 32 heavy (non-hydrogen) atoms. The molecule has 5 rings (SSSR count). The highest BCUT2D eigenvalue weighted by atomic mass is 16.5. The largest absolute Gasteiger partial charge is 0.464 e. The van der Waals surface area contributed by atoms with Crippen LogP contribution in [-0.2, 0) is 11.8 Å². The Morgan fingerprint density at radius 2 is 2.00 bits per heavy atom. The molecule has 4 aromatic rings. The van der Waals surface area contributed by atoms with Crippen molar-refractivity contribution < 1.29 is 9.53 Å². The van der Waals surface area contributed by atoms with Gasteiger partial charge in [0.05, 0.1) is 13.3 Å². The first-order valence-corrected chi connectivity index (χ1v) is 10.6. The van der Waals surface area contributed by atoms with Crippen molar-refractivity contribution in [2.45, 2.75) is 12.5 Å². The van der Waals surface area contributed by atoms with Crippen molar-refractivity contribution in [2.24, 2.45) is 7.05 Å². The molecule has 1 N–H and O–H groups in total. The van der Waals surface area contributed by atoms with E-state index >= 15 is 0 Å². The third kappa shape index (κ3) is 3.40. The Morgan fingerprint density at radius 1 is 1.16 bits per heavy atom. The molecule has 2 aromatic carbocycles. The molecule has 0 spiro atoms. The van der Waals surface area contributed by atoms with E-state index in [1.54, 1.807) is 6.07 Å². The summed E-state index contributed by atoms with van der Waals surface area (Å²) in [4.78, 5) is 19.3. The summed E-state index contributed by atoms with van der Waals surface area (Å²) in [6, 6.07) is 16.5. The Bertz CT molecular complexity index is 1310. The van der Waals surface area contributed by atoms with Crippen LogP contribution in [0.3, 0.4) is 0 Å². The van der Waals surface area contributed by atoms with Gasteiger partial charge in [-0.15, -0.1) is 0 Å². The molecule has 1 unspecified atom stereocenters. The van der Waals surface area contributed by atoms with E-state index < -0.39 is 5.97 Å². The number of fused-ring (bicyclic) bond motifs is 2. The summed E-state index contributed by atoms with van der Waals surface area (Å²) in [5.41, 5.74) is 4.81. The predicted molar refractivity (Wildman–Crippen MR) is 125 cm³/mol. The number of benzene rings is 2. The quantitative estimate of drug-likeness (QED) is 0.492. The number of anilines is 2. The molecule has 3 heterocycles. The fraction of sp³-hybridized carbons (Fsp3) is 0.240. The molecule has 0 amide bonds. The molecule has 0 saturated carbocycles.